The van der Waals surface area contributed by atoms with Gasteiger partial charge in [-0.25, -0.2) is 0 Å². The SMILES string of the molecule is CC(C)c1coc([C@H](C(C)C)C(C)(C)C)c1.CC[C@@H](c1ccc(C)o1)C(C)C.CCc1coc([C@H](C(C)C)C(C)(C)C)c1. The Hall–Kier alpha value is -2.16. The summed E-state index contributed by atoms with van der Waals surface area (Å²) in [7, 11) is 0. The van der Waals surface area contributed by atoms with Crippen LogP contribution < -0.4 is 0 Å². The Morgan fingerprint density at radius 3 is 1.42 bits per heavy atom. The molecule has 0 aliphatic rings. The van der Waals surface area contributed by atoms with Gasteiger partial charge in [0.05, 0.1) is 12.5 Å². The zero-order chi connectivity index (χ0) is 33.3. The van der Waals surface area contributed by atoms with Gasteiger partial charge in [0.1, 0.15) is 23.0 Å². The lowest BCUT2D eigenvalue weighted by Crippen LogP contribution is -2.22. The lowest BCUT2D eigenvalue weighted by Gasteiger charge is -2.32. The van der Waals surface area contributed by atoms with Crippen molar-refractivity contribution in [3.63, 3.8) is 0 Å². The van der Waals surface area contributed by atoms with Crippen LogP contribution in [0, 0.1) is 35.5 Å². The smallest absolute Gasteiger partial charge is 0.107 e. The van der Waals surface area contributed by atoms with Crippen molar-refractivity contribution in [1.82, 2.24) is 0 Å². The minimum atomic E-state index is 0.250. The van der Waals surface area contributed by atoms with Crippen LogP contribution >= 0.6 is 0 Å². The van der Waals surface area contributed by atoms with E-state index in [1.165, 1.54) is 11.1 Å². The first-order valence-corrected chi connectivity index (χ1v) is 17.0. The summed E-state index contributed by atoms with van der Waals surface area (Å²) in [5.74, 6) is 8.45. The first kappa shape index (κ1) is 38.9. The fourth-order valence-corrected chi connectivity index (χ4v) is 6.74. The molecule has 0 N–H and O–H groups in total. The van der Waals surface area contributed by atoms with Crippen LogP contribution in [-0.4, -0.2) is 0 Å². The molecule has 3 atom stereocenters. The maximum absolute atomic E-state index is 5.78. The maximum atomic E-state index is 5.78. The molecule has 3 heteroatoms. The largest absolute Gasteiger partial charge is 0.469 e. The van der Waals surface area contributed by atoms with Crippen LogP contribution in [0.15, 0.2) is 50.0 Å². The molecule has 246 valence electrons. The summed E-state index contributed by atoms with van der Waals surface area (Å²) in [6, 6.07) is 8.60. The third-order valence-electron chi connectivity index (χ3n) is 8.57. The van der Waals surface area contributed by atoms with E-state index in [1.54, 1.807) is 0 Å². The third kappa shape index (κ3) is 12.0. The van der Waals surface area contributed by atoms with E-state index in [1.807, 2.05) is 25.5 Å². The molecule has 43 heavy (non-hydrogen) atoms. The maximum Gasteiger partial charge on any atom is 0.107 e. The Bertz CT molecular complexity index is 1150. The summed E-state index contributed by atoms with van der Waals surface area (Å²) in [6.45, 7) is 38.1. The van der Waals surface area contributed by atoms with Crippen LogP contribution in [0.4, 0.5) is 0 Å². The topological polar surface area (TPSA) is 39.4 Å². The molecule has 0 aliphatic heterocycles. The van der Waals surface area contributed by atoms with Gasteiger partial charge < -0.3 is 13.3 Å². The van der Waals surface area contributed by atoms with Crippen molar-refractivity contribution in [2.45, 2.75) is 154 Å². The molecule has 0 unspecified atom stereocenters. The highest BCUT2D eigenvalue weighted by Gasteiger charge is 2.32. The second-order valence-corrected chi connectivity index (χ2v) is 16.0. The monoisotopic (exact) mass is 597 g/mol. The van der Waals surface area contributed by atoms with Gasteiger partial charge in [-0.05, 0) is 89.7 Å². The van der Waals surface area contributed by atoms with Gasteiger partial charge in [-0.3, -0.25) is 0 Å². The second-order valence-electron chi connectivity index (χ2n) is 16.0. The summed E-state index contributed by atoms with van der Waals surface area (Å²) in [6.07, 6.45) is 6.03. The van der Waals surface area contributed by atoms with Gasteiger partial charge in [-0.1, -0.05) is 111 Å². The summed E-state index contributed by atoms with van der Waals surface area (Å²) in [5, 5.41) is 0. The molecule has 0 saturated carbocycles. The number of furan rings is 3. The number of hydrogen-bond acceptors (Lipinski definition) is 3. The van der Waals surface area contributed by atoms with Crippen LogP contribution in [0.25, 0.3) is 0 Å². The predicted molar refractivity (Wildman–Crippen MR) is 186 cm³/mol. The lowest BCUT2D eigenvalue weighted by molar-refractivity contribution is 0.224. The van der Waals surface area contributed by atoms with Gasteiger partial charge in [0.2, 0.25) is 0 Å². The molecule has 0 saturated heterocycles. The van der Waals surface area contributed by atoms with Crippen molar-refractivity contribution in [2.24, 2.45) is 28.6 Å². The average Bonchev–Trinajstić information content (AvgIpc) is 3.60. The van der Waals surface area contributed by atoms with E-state index in [-0.39, 0.29) is 10.8 Å². The quantitative estimate of drug-likeness (QED) is 0.247. The van der Waals surface area contributed by atoms with Crippen molar-refractivity contribution < 1.29 is 13.3 Å². The van der Waals surface area contributed by atoms with Crippen molar-refractivity contribution in [1.29, 1.82) is 0 Å². The van der Waals surface area contributed by atoms with E-state index in [0.29, 0.717) is 41.4 Å². The molecule has 3 rings (SSSR count). The highest BCUT2D eigenvalue weighted by molar-refractivity contribution is 5.21. The molecule has 3 aromatic rings. The first-order valence-electron chi connectivity index (χ1n) is 17.0. The molecular weight excluding hydrogens is 528 g/mol. The molecule has 3 heterocycles. The van der Waals surface area contributed by atoms with Crippen molar-refractivity contribution in [2.75, 3.05) is 0 Å². The molecule has 0 amide bonds. The third-order valence-corrected chi connectivity index (χ3v) is 8.57. The van der Waals surface area contributed by atoms with E-state index in [4.69, 9.17) is 13.3 Å². The Kier molecular flexibility index (Phi) is 15.2. The Labute approximate surface area is 266 Å². The Balaban J connectivity index is 0.000000326. The van der Waals surface area contributed by atoms with Gasteiger partial charge in [-0.2, -0.15) is 0 Å². The van der Waals surface area contributed by atoms with Crippen LogP contribution in [0.1, 0.15) is 175 Å². The van der Waals surface area contributed by atoms with Crippen LogP contribution in [-0.2, 0) is 6.42 Å². The summed E-state index contributed by atoms with van der Waals surface area (Å²) >= 11 is 0. The molecule has 0 fully saturated rings. The van der Waals surface area contributed by atoms with Crippen molar-refractivity contribution >= 4 is 0 Å². The summed E-state index contributed by atoms with van der Waals surface area (Å²) in [5.41, 5.74) is 3.13. The predicted octanol–water partition coefficient (Wildman–Crippen LogP) is 13.6. The number of hydrogen-bond donors (Lipinski definition) is 0. The van der Waals surface area contributed by atoms with E-state index in [0.717, 1.165) is 35.9 Å². The minimum absolute atomic E-state index is 0.250. The fraction of sp³-hybridized carbons (Fsp3) is 0.700. The first-order chi connectivity index (χ1) is 19.7. The number of rotatable bonds is 9. The highest BCUT2D eigenvalue weighted by Crippen LogP contribution is 2.42. The fourth-order valence-electron chi connectivity index (χ4n) is 6.74. The number of aryl methyl sites for hydroxylation is 2. The molecule has 0 spiro atoms. The molecule has 0 bridgehead atoms. The molecular formula is C40H68O3. The molecule has 0 aromatic carbocycles. The van der Waals surface area contributed by atoms with E-state index >= 15 is 0 Å². The van der Waals surface area contributed by atoms with Crippen molar-refractivity contribution in [3.8, 4) is 0 Å². The normalized spacial score (nSPS) is 14.4. The van der Waals surface area contributed by atoms with E-state index in [2.05, 4.69) is 129 Å². The summed E-state index contributed by atoms with van der Waals surface area (Å²) < 4.78 is 17.1. The molecule has 3 aromatic heterocycles. The van der Waals surface area contributed by atoms with Gasteiger partial charge in [0, 0.05) is 17.8 Å². The Morgan fingerprint density at radius 1 is 0.628 bits per heavy atom. The average molecular weight is 597 g/mol. The van der Waals surface area contributed by atoms with Gasteiger partial charge in [-0.15, -0.1) is 0 Å². The highest BCUT2D eigenvalue weighted by atomic mass is 16.3. The van der Waals surface area contributed by atoms with Crippen molar-refractivity contribution in [3.05, 3.63) is 71.0 Å². The lowest BCUT2D eigenvalue weighted by atomic mass is 9.73. The molecule has 3 nitrogen and oxygen atoms in total. The molecule has 0 radical (unpaired) electrons. The van der Waals surface area contributed by atoms with Gasteiger partial charge >= 0.3 is 0 Å². The molecule has 0 aliphatic carbocycles. The zero-order valence-electron chi connectivity index (χ0n) is 31.1. The zero-order valence-corrected chi connectivity index (χ0v) is 31.1. The summed E-state index contributed by atoms with van der Waals surface area (Å²) in [4.78, 5) is 0. The minimum Gasteiger partial charge on any atom is -0.469 e. The van der Waals surface area contributed by atoms with Crippen LogP contribution in [0.3, 0.4) is 0 Å². The standard InChI is InChI=1S/C15H26O.C14H24O.C11H18O/c1-10(2)12-8-13(16-9-12)14(11(3)4)15(5,6)7;1-7-11-8-12(15-9-11)13(10(2)3)14(4,5)6;1-5-10(8(2)3)11-7-6-9(4)12-11/h8-11,14H,1-7H3;8-10,13H,7H2,1-6H3;6-8,10H,5H2,1-4H3/t14-;13-;10-/m001/s1. The Morgan fingerprint density at radius 2 is 1.12 bits per heavy atom. The van der Waals surface area contributed by atoms with Crippen LogP contribution in [0.5, 0.6) is 0 Å². The second kappa shape index (κ2) is 16.8. The van der Waals surface area contributed by atoms with Crippen LogP contribution in [0.2, 0.25) is 0 Å². The van der Waals surface area contributed by atoms with E-state index < -0.39 is 0 Å². The van der Waals surface area contributed by atoms with Gasteiger partial charge in [0.15, 0.2) is 0 Å². The van der Waals surface area contributed by atoms with E-state index in [9.17, 15) is 0 Å². The van der Waals surface area contributed by atoms with Gasteiger partial charge in [0.25, 0.3) is 0 Å².